The molecule has 1 saturated heterocycles. The summed E-state index contributed by atoms with van der Waals surface area (Å²) in [6.07, 6.45) is 2.17. The van der Waals surface area contributed by atoms with Crippen LogP contribution in [0.15, 0.2) is 18.2 Å². The lowest BCUT2D eigenvalue weighted by atomic mass is 9.98. The number of nitrogens with zero attached hydrogens (tertiary/aromatic N) is 1. The van der Waals surface area contributed by atoms with Gasteiger partial charge in [0.15, 0.2) is 11.5 Å². The molecular weight excluding hydrogens is 254 g/mol. The molecule has 1 heterocycles. The normalized spacial score (nSPS) is 16.1. The maximum Gasteiger partial charge on any atom is 0.253 e. The summed E-state index contributed by atoms with van der Waals surface area (Å²) in [4.78, 5) is 14.4. The predicted molar refractivity (Wildman–Crippen MR) is 78.5 cm³/mol. The van der Waals surface area contributed by atoms with Gasteiger partial charge in [-0.2, -0.15) is 0 Å². The Morgan fingerprint density at radius 3 is 2.60 bits per heavy atom. The van der Waals surface area contributed by atoms with Crippen LogP contribution in [0.5, 0.6) is 11.5 Å². The molecule has 0 atom stereocenters. The Labute approximate surface area is 120 Å². The van der Waals surface area contributed by atoms with Crippen molar-refractivity contribution >= 4 is 5.91 Å². The Bertz CT molecular complexity index is 465. The van der Waals surface area contributed by atoms with Crippen molar-refractivity contribution in [3.63, 3.8) is 0 Å². The first kappa shape index (κ1) is 14.7. The summed E-state index contributed by atoms with van der Waals surface area (Å²) < 4.78 is 10.8. The topological polar surface area (TPSA) is 38.8 Å². The minimum atomic E-state index is 0.0838. The highest BCUT2D eigenvalue weighted by molar-refractivity contribution is 5.95. The Hall–Kier alpha value is -1.71. The van der Waals surface area contributed by atoms with Crippen LogP contribution in [0.3, 0.4) is 0 Å². The molecule has 1 aliphatic rings. The summed E-state index contributed by atoms with van der Waals surface area (Å²) in [5.41, 5.74) is 0.670. The summed E-state index contributed by atoms with van der Waals surface area (Å²) >= 11 is 0. The monoisotopic (exact) mass is 277 g/mol. The second-order valence-electron chi connectivity index (χ2n) is 5.27. The van der Waals surface area contributed by atoms with Gasteiger partial charge >= 0.3 is 0 Å². The van der Waals surface area contributed by atoms with Crippen molar-refractivity contribution in [2.75, 3.05) is 26.8 Å². The Morgan fingerprint density at radius 2 is 2.00 bits per heavy atom. The fourth-order valence-corrected chi connectivity index (χ4v) is 2.47. The third-order valence-corrected chi connectivity index (χ3v) is 3.78. The molecule has 0 saturated carbocycles. The average Bonchev–Trinajstić information content (AvgIpc) is 2.47. The van der Waals surface area contributed by atoms with Gasteiger partial charge < -0.3 is 14.4 Å². The summed E-state index contributed by atoms with van der Waals surface area (Å²) in [5.74, 6) is 2.09. The fraction of sp³-hybridized carbons (Fsp3) is 0.562. The van der Waals surface area contributed by atoms with E-state index in [1.54, 1.807) is 19.2 Å². The average molecular weight is 277 g/mol. The molecular formula is C16H23NO3. The maximum absolute atomic E-state index is 12.5. The van der Waals surface area contributed by atoms with E-state index in [-0.39, 0.29) is 5.91 Å². The van der Waals surface area contributed by atoms with Crippen LogP contribution >= 0.6 is 0 Å². The van der Waals surface area contributed by atoms with Gasteiger partial charge in [-0.25, -0.2) is 0 Å². The number of methoxy groups -OCH3 is 1. The lowest BCUT2D eigenvalue weighted by molar-refractivity contribution is 0.0696. The molecule has 2 rings (SSSR count). The quantitative estimate of drug-likeness (QED) is 0.849. The van der Waals surface area contributed by atoms with Crippen LogP contribution in [0.4, 0.5) is 0 Å². The molecule has 0 aliphatic carbocycles. The zero-order chi connectivity index (χ0) is 14.5. The van der Waals surface area contributed by atoms with Crippen LogP contribution in [-0.2, 0) is 0 Å². The number of carbonyl (C=O) groups excluding carboxylic acids is 1. The SMILES string of the molecule is CCOc1cc(C(=O)N2CCC(C)CC2)ccc1OC. The van der Waals surface area contributed by atoms with E-state index in [0.29, 0.717) is 29.6 Å². The van der Waals surface area contributed by atoms with E-state index in [0.717, 1.165) is 25.9 Å². The highest BCUT2D eigenvalue weighted by Crippen LogP contribution is 2.29. The molecule has 20 heavy (non-hydrogen) atoms. The molecule has 1 aromatic rings. The van der Waals surface area contributed by atoms with Crippen molar-refractivity contribution in [1.29, 1.82) is 0 Å². The van der Waals surface area contributed by atoms with Gasteiger partial charge in [0.1, 0.15) is 0 Å². The number of hydrogen-bond donors (Lipinski definition) is 0. The minimum Gasteiger partial charge on any atom is -0.493 e. The molecule has 110 valence electrons. The Kier molecular flexibility index (Phi) is 4.88. The fourth-order valence-electron chi connectivity index (χ4n) is 2.47. The molecule has 0 N–H and O–H groups in total. The largest absolute Gasteiger partial charge is 0.493 e. The minimum absolute atomic E-state index is 0.0838. The molecule has 1 fully saturated rings. The number of likely N-dealkylation sites (tertiary alicyclic amines) is 1. The van der Waals surface area contributed by atoms with Gasteiger partial charge in [0.05, 0.1) is 13.7 Å². The zero-order valence-electron chi connectivity index (χ0n) is 12.5. The molecule has 1 amide bonds. The van der Waals surface area contributed by atoms with E-state index in [4.69, 9.17) is 9.47 Å². The Morgan fingerprint density at radius 1 is 1.30 bits per heavy atom. The van der Waals surface area contributed by atoms with E-state index in [1.807, 2.05) is 17.9 Å². The number of rotatable bonds is 4. The number of hydrogen-bond acceptors (Lipinski definition) is 3. The number of amides is 1. The summed E-state index contributed by atoms with van der Waals surface area (Å²) in [6.45, 7) is 6.39. The molecule has 0 spiro atoms. The van der Waals surface area contributed by atoms with Gasteiger partial charge in [-0.15, -0.1) is 0 Å². The van der Waals surface area contributed by atoms with Gasteiger partial charge in [0.25, 0.3) is 5.91 Å². The van der Waals surface area contributed by atoms with E-state index in [1.165, 1.54) is 0 Å². The van der Waals surface area contributed by atoms with Gasteiger partial charge in [-0.1, -0.05) is 6.92 Å². The van der Waals surface area contributed by atoms with Crippen molar-refractivity contribution in [2.24, 2.45) is 5.92 Å². The summed E-state index contributed by atoms with van der Waals surface area (Å²) in [6, 6.07) is 5.38. The molecule has 1 aliphatic heterocycles. The standard InChI is InChI=1S/C16H23NO3/c1-4-20-15-11-13(5-6-14(15)19-3)16(18)17-9-7-12(2)8-10-17/h5-6,11-12H,4,7-10H2,1-3H3. The van der Waals surface area contributed by atoms with Crippen molar-refractivity contribution in [3.05, 3.63) is 23.8 Å². The van der Waals surface area contributed by atoms with Crippen molar-refractivity contribution in [2.45, 2.75) is 26.7 Å². The smallest absolute Gasteiger partial charge is 0.253 e. The van der Waals surface area contributed by atoms with E-state index >= 15 is 0 Å². The number of benzene rings is 1. The molecule has 4 heteroatoms. The molecule has 0 bridgehead atoms. The van der Waals surface area contributed by atoms with Crippen molar-refractivity contribution in [1.82, 2.24) is 4.90 Å². The first-order valence-electron chi connectivity index (χ1n) is 7.25. The number of ether oxygens (including phenoxy) is 2. The maximum atomic E-state index is 12.5. The van der Waals surface area contributed by atoms with Crippen LogP contribution in [0.2, 0.25) is 0 Å². The third-order valence-electron chi connectivity index (χ3n) is 3.78. The second-order valence-corrected chi connectivity index (χ2v) is 5.27. The third kappa shape index (κ3) is 3.24. The van der Waals surface area contributed by atoms with Crippen LogP contribution in [0, 0.1) is 5.92 Å². The first-order chi connectivity index (χ1) is 9.65. The van der Waals surface area contributed by atoms with E-state index in [9.17, 15) is 4.79 Å². The highest BCUT2D eigenvalue weighted by Gasteiger charge is 2.22. The molecule has 0 radical (unpaired) electrons. The van der Waals surface area contributed by atoms with Gasteiger partial charge in [-0.3, -0.25) is 4.79 Å². The molecule has 0 unspecified atom stereocenters. The van der Waals surface area contributed by atoms with Crippen LogP contribution in [0.1, 0.15) is 37.0 Å². The predicted octanol–water partition coefficient (Wildman–Crippen LogP) is 2.97. The van der Waals surface area contributed by atoms with Crippen LogP contribution < -0.4 is 9.47 Å². The summed E-state index contributed by atoms with van der Waals surface area (Å²) in [5, 5.41) is 0. The second kappa shape index (κ2) is 6.64. The zero-order valence-corrected chi connectivity index (χ0v) is 12.5. The van der Waals surface area contributed by atoms with E-state index < -0.39 is 0 Å². The van der Waals surface area contributed by atoms with Gasteiger partial charge in [0.2, 0.25) is 0 Å². The highest BCUT2D eigenvalue weighted by atomic mass is 16.5. The number of carbonyl (C=O) groups is 1. The first-order valence-corrected chi connectivity index (χ1v) is 7.25. The lowest BCUT2D eigenvalue weighted by Crippen LogP contribution is -2.37. The van der Waals surface area contributed by atoms with E-state index in [2.05, 4.69) is 6.92 Å². The molecule has 0 aromatic heterocycles. The van der Waals surface area contributed by atoms with Gasteiger partial charge in [-0.05, 0) is 43.9 Å². The molecule has 4 nitrogen and oxygen atoms in total. The van der Waals surface area contributed by atoms with Crippen molar-refractivity contribution < 1.29 is 14.3 Å². The van der Waals surface area contributed by atoms with Crippen LogP contribution in [-0.4, -0.2) is 37.6 Å². The van der Waals surface area contributed by atoms with Crippen molar-refractivity contribution in [3.8, 4) is 11.5 Å². The summed E-state index contributed by atoms with van der Waals surface area (Å²) in [7, 11) is 1.60. The Balaban J connectivity index is 2.15. The van der Waals surface area contributed by atoms with Gasteiger partial charge in [0, 0.05) is 18.7 Å². The molecule has 1 aromatic carbocycles. The number of piperidine rings is 1. The van der Waals surface area contributed by atoms with Crippen LogP contribution in [0.25, 0.3) is 0 Å². The lowest BCUT2D eigenvalue weighted by Gasteiger charge is -2.30.